The number of carbonyl (C=O) groups is 1. The largest absolute Gasteiger partial charge is 0.489 e. The molecule has 0 aromatic heterocycles. The average molecular weight is 325 g/mol. The third-order valence-corrected chi connectivity index (χ3v) is 3.24. The van der Waals surface area contributed by atoms with Crippen molar-refractivity contribution in [1.82, 2.24) is 0 Å². The SMILES string of the molecule is O=C(O)c1cc(F)cc(OCc2ccccc2Br)c1. The molecule has 0 aliphatic rings. The standard InChI is InChI=1S/C14H10BrFO3/c15-13-4-2-1-3-9(13)8-19-12-6-10(14(17)18)5-11(16)7-12/h1-7H,8H2,(H,17,18). The highest BCUT2D eigenvalue weighted by Gasteiger charge is 2.08. The fraction of sp³-hybridized carbons (Fsp3) is 0.0714. The molecule has 0 radical (unpaired) electrons. The first-order chi connectivity index (χ1) is 9.06. The Morgan fingerprint density at radius 3 is 2.68 bits per heavy atom. The number of ether oxygens (including phenoxy) is 1. The second kappa shape index (κ2) is 5.84. The van der Waals surface area contributed by atoms with Crippen molar-refractivity contribution in [3.63, 3.8) is 0 Å². The Kier molecular flexibility index (Phi) is 4.16. The molecule has 0 spiro atoms. The summed E-state index contributed by atoms with van der Waals surface area (Å²) in [5.74, 6) is -1.64. The quantitative estimate of drug-likeness (QED) is 0.928. The summed E-state index contributed by atoms with van der Waals surface area (Å²) in [6.45, 7) is 0.226. The molecule has 0 atom stereocenters. The van der Waals surface area contributed by atoms with Crippen LogP contribution in [0.2, 0.25) is 0 Å². The number of carboxylic acids is 1. The highest BCUT2D eigenvalue weighted by molar-refractivity contribution is 9.10. The lowest BCUT2D eigenvalue weighted by molar-refractivity contribution is 0.0695. The molecule has 0 heterocycles. The molecule has 2 aromatic carbocycles. The van der Waals surface area contributed by atoms with Gasteiger partial charge in [0, 0.05) is 16.1 Å². The summed E-state index contributed by atoms with van der Waals surface area (Å²) in [4.78, 5) is 10.8. The fourth-order valence-corrected chi connectivity index (χ4v) is 1.95. The van der Waals surface area contributed by atoms with Gasteiger partial charge in [-0.2, -0.15) is 0 Å². The van der Waals surface area contributed by atoms with Crippen LogP contribution >= 0.6 is 15.9 Å². The van der Waals surface area contributed by atoms with Crippen molar-refractivity contribution in [3.05, 3.63) is 63.9 Å². The Morgan fingerprint density at radius 2 is 2.00 bits per heavy atom. The number of halogens is 2. The molecule has 3 nitrogen and oxygen atoms in total. The van der Waals surface area contributed by atoms with E-state index in [-0.39, 0.29) is 17.9 Å². The van der Waals surface area contributed by atoms with Gasteiger partial charge >= 0.3 is 5.97 Å². The number of hydrogen-bond donors (Lipinski definition) is 1. The van der Waals surface area contributed by atoms with Crippen LogP contribution in [0.1, 0.15) is 15.9 Å². The van der Waals surface area contributed by atoms with Gasteiger partial charge in [-0.25, -0.2) is 9.18 Å². The maximum atomic E-state index is 13.2. The van der Waals surface area contributed by atoms with Gasteiger partial charge < -0.3 is 9.84 Å². The van der Waals surface area contributed by atoms with Crippen molar-refractivity contribution >= 4 is 21.9 Å². The van der Waals surface area contributed by atoms with E-state index in [1.54, 1.807) is 0 Å². The number of hydrogen-bond acceptors (Lipinski definition) is 2. The summed E-state index contributed by atoms with van der Waals surface area (Å²) < 4.78 is 19.5. The topological polar surface area (TPSA) is 46.5 Å². The Hall–Kier alpha value is -1.88. The Morgan fingerprint density at radius 1 is 1.26 bits per heavy atom. The Labute approximate surface area is 117 Å². The van der Waals surface area contributed by atoms with Crippen LogP contribution in [-0.2, 0) is 6.61 Å². The van der Waals surface area contributed by atoms with E-state index in [2.05, 4.69) is 15.9 Å². The second-order valence-electron chi connectivity index (χ2n) is 3.86. The van der Waals surface area contributed by atoms with Gasteiger partial charge in [0.2, 0.25) is 0 Å². The molecular weight excluding hydrogens is 315 g/mol. The summed E-state index contributed by atoms with van der Waals surface area (Å²) in [5.41, 5.74) is 0.755. The average Bonchev–Trinajstić information content (AvgIpc) is 2.37. The lowest BCUT2D eigenvalue weighted by Gasteiger charge is -2.08. The Bertz CT molecular complexity index is 613. The monoisotopic (exact) mass is 324 g/mol. The van der Waals surface area contributed by atoms with Crippen molar-refractivity contribution < 1.29 is 19.0 Å². The molecule has 0 fully saturated rings. The van der Waals surface area contributed by atoms with E-state index >= 15 is 0 Å². The van der Waals surface area contributed by atoms with Crippen molar-refractivity contribution in [2.24, 2.45) is 0 Å². The lowest BCUT2D eigenvalue weighted by Crippen LogP contribution is -2.01. The van der Waals surface area contributed by atoms with E-state index < -0.39 is 11.8 Å². The van der Waals surface area contributed by atoms with E-state index in [1.807, 2.05) is 24.3 Å². The van der Waals surface area contributed by atoms with Crippen LogP contribution in [0.4, 0.5) is 4.39 Å². The zero-order chi connectivity index (χ0) is 13.8. The minimum absolute atomic E-state index is 0.137. The van der Waals surface area contributed by atoms with Crippen molar-refractivity contribution in [1.29, 1.82) is 0 Å². The normalized spacial score (nSPS) is 10.2. The summed E-state index contributed by atoms with van der Waals surface area (Å²) in [6.07, 6.45) is 0. The molecule has 2 rings (SSSR count). The molecule has 5 heteroatoms. The molecule has 1 N–H and O–H groups in total. The fourth-order valence-electron chi connectivity index (χ4n) is 1.55. The number of rotatable bonds is 4. The van der Waals surface area contributed by atoms with Crippen LogP contribution < -0.4 is 4.74 Å². The molecule has 0 unspecified atom stereocenters. The second-order valence-corrected chi connectivity index (χ2v) is 4.72. The van der Waals surface area contributed by atoms with Gasteiger partial charge in [0.25, 0.3) is 0 Å². The maximum Gasteiger partial charge on any atom is 0.335 e. The molecule has 98 valence electrons. The Balaban J connectivity index is 2.16. The first-order valence-electron chi connectivity index (χ1n) is 5.46. The lowest BCUT2D eigenvalue weighted by atomic mass is 10.2. The van der Waals surface area contributed by atoms with Crippen LogP contribution in [-0.4, -0.2) is 11.1 Å². The third kappa shape index (κ3) is 3.54. The summed E-state index contributed by atoms with van der Waals surface area (Å²) in [6, 6.07) is 10.9. The minimum Gasteiger partial charge on any atom is -0.489 e. The summed E-state index contributed by atoms with van der Waals surface area (Å²) >= 11 is 3.37. The molecule has 0 amide bonds. The molecular formula is C14H10BrFO3. The molecule has 0 aliphatic heterocycles. The van der Waals surface area contributed by atoms with Crippen molar-refractivity contribution in [2.75, 3.05) is 0 Å². The molecule has 2 aromatic rings. The molecule has 0 saturated heterocycles. The van der Waals surface area contributed by atoms with Crippen LogP contribution in [0.25, 0.3) is 0 Å². The number of benzene rings is 2. The van der Waals surface area contributed by atoms with E-state index in [1.165, 1.54) is 6.07 Å². The third-order valence-electron chi connectivity index (χ3n) is 2.47. The molecule has 0 bridgehead atoms. The van der Waals surface area contributed by atoms with Crippen LogP contribution in [0.5, 0.6) is 5.75 Å². The molecule has 0 aliphatic carbocycles. The van der Waals surface area contributed by atoms with Gasteiger partial charge in [-0.1, -0.05) is 34.1 Å². The predicted molar refractivity (Wildman–Crippen MR) is 71.8 cm³/mol. The smallest absolute Gasteiger partial charge is 0.335 e. The van der Waals surface area contributed by atoms with Gasteiger partial charge in [0.1, 0.15) is 18.2 Å². The van der Waals surface area contributed by atoms with Crippen LogP contribution in [0, 0.1) is 5.82 Å². The van der Waals surface area contributed by atoms with Gasteiger partial charge in [-0.3, -0.25) is 0 Å². The van der Waals surface area contributed by atoms with Gasteiger partial charge in [-0.15, -0.1) is 0 Å². The highest BCUT2D eigenvalue weighted by Crippen LogP contribution is 2.21. The van der Waals surface area contributed by atoms with E-state index in [4.69, 9.17) is 9.84 Å². The zero-order valence-corrected chi connectivity index (χ0v) is 11.4. The van der Waals surface area contributed by atoms with Gasteiger partial charge in [-0.05, 0) is 18.2 Å². The van der Waals surface area contributed by atoms with E-state index in [0.29, 0.717) is 0 Å². The van der Waals surface area contributed by atoms with Gasteiger partial charge in [0.15, 0.2) is 0 Å². The van der Waals surface area contributed by atoms with Gasteiger partial charge in [0.05, 0.1) is 5.56 Å². The minimum atomic E-state index is -1.19. The number of carboxylic acid groups (broad SMARTS) is 1. The molecule has 19 heavy (non-hydrogen) atoms. The first kappa shape index (κ1) is 13.5. The number of aromatic carboxylic acids is 1. The van der Waals surface area contributed by atoms with Crippen molar-refractivity contribution in [2.45, 2.75) is 6.61 Å². The first-order valence-corrected chi connectivity index (χ1v) is 6.25. The van der Waals surface area contributed by atoms with Crippen LogP contribution in [0.3, 0.4) is 0 Å². The molecule has 0 saturated carbocycles. The van der Waals surface area contributed by atoms with Crippen LogP contribution in [0.15, 0.2) is 46.9 Å². The van der Waals surface area contributed by atoms with Crippen molar-refractivity contribution in [3.8, 4) is 5.75 Å². The van der Waals surface area contributed by atoms with E-state index in [0.717, 1.165) is 22.2 Å². The predicted octanol–water partition coefficient (Wildman–Crippen LogP) is 3.87. The summed E-state index contributed by atoms with van der Waals surface area (Å²) in [7, 11) is 0. The summed E-state index contributed by atoms with van der Waals surface area (Å²) in [5, 5.41) is 8.83. The highest BCUT2D eigenvalue weighted by atomic mass is 79.9. The van der Waals surface area contributed by atoms with E-state index in [9.17, 15) is 9.18 Å². The zero-order valence-electron chi connectivity index (χ0n) is 9.77. The maximum absolute atomic E-state index is 13.2.